The molecule has 2 aromatic carbocycles. The molecule has 5 rings (SSSR count). The van der Waals surface area contributed by atoms with Crippen molar-refractivity contribution >= 4 is 45.8 Å². The maximum atomic E-state index is 12.7. The molecule has 0 radical (unpaired) electrons. The fraction of sp³-hybridized carbons (Fsp3) is 0.250. The number of imide groups is 1. The molecule has 0 unspecified atom stereocenters. The summed E-state index contributed by atoms with van der Waals surface area (Å²) >= 11 is 1.19. The summed E-state index contributed by atoms with van der Waals surface area (Å²) in [6, 6.07) is 12.5. The highest BCUT2D eigenvalue weighted by Crippen LogP contribution is 2.35. The Bertz CT molecular complexity index is 1300. The largest absolute Gasteiger partial charge is 0.312 e. The molecule has 4 amide bonds. The molecule has 0 saturated carbocycles. The Kier molecular flexibility index (Phi) is 5.45. The Balaban J connectivity index is 1.23. The number of rotatable bonds is 5. The Labute approximate surface area is 199 Å². The number of anilines is 2. The summed E-state index contributed by atoms with van der Waals surface area (Å²) in [4.78, 5) is 52.8. The van der Waals surface area contributed by atoms with Gasteiger partial charge in [-0.2, -0.15) is 0 Å². The smallest absolute Gasteiger partial charge is 0.262 e. The van der Waals surface area contributed by atoms with Crippen LogP contribution in [0.15, 0.2) is 42.5 Å². The van der Waals surface area contributed by atoms with Crippen LogP contribution < -0.4 is 10.2 Å². The minimum Gasteiger partial charge on any atom is -0.312 e. The average Bonchev–Trinajstić information content (AvgIpc) is 3.47. The second kappa shape index (κ2) is 8.45. The van der Waals surface area contributed by atoms with Crippen molar-refractivity contribution in [2.75, 3.05) is 23.3 Å². The van der Waals surface area contributed by atoms with Crippen molar-refractivity contribution in [3.8, 4) is 0 Å². The Morgan fingerprint density at radius 1 is 1.03 bits per heavy atom. The van der Waals surface area contributed by atoms with Gasteiger partial charge in [0.25, 0.3) is 11.8 Å². The molecule has 2 aliphatic rings. The zero-order valence-corrected chi connectivity index (χ0v) is 19.4. The molecule has 1 fully saturated rings. The van der Waals surface area contributed by atoms with Gasteiger partial charge in [-0.15, -0.1) is 10.2 Å². The van der Waals surface area contributed by atoms with Gasteiger partial charge >= 0.3 is 0 Å². The SMILES string of the molecule is Cc1cc(C)cc(N2C[C@H](c3nnc(NC(=O)CN4C(=O)c5ccccc5C4=O)s3)CC2=O)c1. The van der Waals surface area contributed by atoms with E-state index in [1.165, 1.54) is 11.3 Å². The molecular formula is C24H21N5O4S. The van der Waals surface area contributed by atoms with Gasteiger partial charge in [-0.05, 0) is 49.2 Å². The van der Waals surface area contributed by atoms with Crippen LogP contribution in [0.3, 0.4) is 0 Å². The molecule has 34 heavy (non-hydrogen) atoms. The molecule has 1 atom stereocenters. The number of fused-ring (bicyclic) bond motifs is 1. The summed E-state index contributed by atoms with van der Waals surface area (Å²) < 4.78 is 0. The molecule has 0 bridgehead atoms. The van der Waals surface area contributed by atoms with E-state index in [1.54, 1.807) is 29.2 Å². The average molecular weight is 476 g/mol. The third-order valence-corrected chi connectivity index (χ3v) is 6.86. The van der Waals surface area contributed by atoms with Gasteiger partial charge in [0.15, 0.2) is 0 Å². The molecule has 9 nitrogen and oxygen atoms in total. The number of nitrogens with zero attached hydrogens (tertiary/aromatic N) is 4. The van der Waals surface area contributed by atoms with E-state index in [2.05, 4.69) is 21.6 Å². The number of hydrogen-bond acceptors (Lipinski definition) is 7. The highest BCUT2D eigenvalue weighted by Gasteiger charge is 2.37. The van der Waals surface area contributed by atoms with E-state index in [1.807, 2.05) is 26.0 Å². The van der Waals surface area contributed by atoms with E-state index in [-0.39, 0.29) is 28.1 Å². The highest BCUT2D eigenvalue weighted by atomic mass is 32.1. The van der Waals surface area contributed by atoms with Crippen LogP contribution in [0.1, 0.15) is 49.2 Å². The van der Waals surface area contributed by atoms with Crippen LogP contribution in [-0.2, 0) is 9.59 Å². The van der Waals surface area contributed by atoms with Gasteiger partial charge in [0.2, 0.25) is 16.9 Å². The highest BCUT2D eigenvalue weighted by molar-refractivity contribution is 7.15. The van der Waals surface area contributed by atoms with Gasteiger partial charge in [-0.1, -0.05) is 29.5 Å². The first kappa shape index (κ1) is 21.9. The lowest BCUT2D eigenvalue weighted by Gasteiger charge is -2.17. The summed E-state index contributed by atoms with van der Waals surface area (Å²) in [6.45, 7) is 4.06. The van der Waals surface area contributed by atoms with Gasteiger partial charge in [-0.3, -0.25) is 29.4 Å². The van der Waals surface area contributed by atoms with Crippen molar-refractivity contribution in [1.29, 1.82) is 0 Å². The van der Waals surface area contributed by atoms with E-state index < -0.39 is 24.3 Å². The molecule has 10 heteroatoms. The summed E-state index contributed by atoms with van der Waals surface area (Å²) in [5.74, 6) is -1.65. The van der Waals surface area contributed by atoms with Crippen LogP contribution in [0.4, 0.5) is 10.8 Å². The standard InChI is InChI=1S/C24H21N5O4S/c1-13-7-14(2)9-16(8-13)28-11-15(10-20(28)31)21-26-27-24(34-21)25-19(30)12-29-22(32)17-5-3-4-6-18(17)23(29)33/h3-9,15H,10-12H2,1-2H3,(H,25,27,30)/t15-/m1/s1. The second-order valence-electron chi connectivity index (χ2n) is 8.49. The van der Waals surface area contributed by atoms with E-state index >= 15 is 0 Å². The first-order valence-electron chi connectivity index (χ1n) is 10.8. The predicted octanol–water partition coefficient (Wildman–Crippen LogP) is 2.91. The normalized spacial score (nSPS) is 17.5. The number of carbonyl (C=O) groups excluding carboxylic acids is 4. The molecule has 0 aliphatic carbocycles. The molecule has 3 aromatic rings. The lowest BCUT2D eigenvalue weighted by Crippen LogP contribution is -2.37. The predicted molar refractivity (Wildman–Crippen MR) is 126 cm³/mol. The van der Waals surface area contributed by atoms with Gasteiger partial charge < -0.3 is 4.90 Å². The number of amides is 4. The van der Waals surface area contributed by atoms with Gasteiger partial charge in [-0.25, -0.2) is 0 Å². The minimum absolute atomic E-state index is 0.0152. The fourth-order valence-electron chi connectivity index (χ4n) is 4.36. The lowest BCUT2D eigenvalue weighted by atomic mass is 10.1. The molecule has 2 aliphatic heterocycles. The van der Waals surface area contributed by atoms with Crippen molar-refractivity contribution < 1.29 is 19.2 Å². The summed E-state index contributed by atoms with van der Waals surface area (Å²) in [7, 11) is 0. The van der Waals surface area contributed by atoms with Crippen molar-refractivity contribution in [2.45, 2.75) is 26.2 Å². The third kappa shape index (κ3) is 3.96. The van der Waals surface area contributed by atoms with E-state index in [9.17, 15) is 19.2 Å². The van der Waals surface area contributed by atoms with Crippen LogP contribution in [0, 0.1) is 13.8 Å². The lowest BCUT2D eigenvalue weighted by molar-refractivity contribution is -0.117. The summed E-state index contributed by atoms with van der Waals surface area (Å²) in [5.41, 5.74) is 3.62. The first-order valence-corrected chi connectivity index (χ1v) is 11.6. The second-order valence-corrected chi connectivity index (χ2v) is 9.50. The van der Waals surface area contributed by atoms with Crippen molar-refractivity contribution in [3.05, 3.63) is 69.7 Å². The van der Waals surface area contributed by atoms with Crippen LogP contribution >= 0.6 is 11.3 Å². The van der Waals surface area contributed by atoms with Gasteiger partial charge in [0.05, 0.1) is 11.1 Å². The van der Waals surface area contributed by atoms with Crippen LogP contribution in [0.2, 0.25) is 0 Å². The van der Waals surface area contributed by atoms with E-state index in [0.717, 1.165) is 21.7 Å². The van der Waals surface area contributed by atoms with Gasteiger partial charge in [0.1, 0.15) is 11.6 Å². The third-order valence-electron chi connectivity index (χ3n) is 5.86. The monoisotopic (exact) mass is 475 g/mol. The topological polar surface area (TPSA) is 113 Å². The number of hydrogen-bond donors (Lipinski definition) is 1. The number of carbonyl (C=O) groups is 4. The molecule has 1 aromatic heterocycles. The maximum Gasteiger partial charge on any atom is 0.262 e. The molecule has 3 heterocycles. The molecule has 1 N–H and O–H groups in total. The zero-order chi connectivity index (χ0) is 24.0. The molecule has 1 saturated heterocycles. The molecular weight excluding hydrogens is 454 g/mol. The Hall–Kier alpha value is -3.92. The van der Waals surface area contributed by atoms with Crippen LogP contribution in [-0.4, -0.2) is 51.8 Å². The van der Waals surface area contributed by atoms with Crippen LogP contribution in [0.25, 0.3) is 0 Å². The first-order chi connectivity index (χ1) is 16.3. The number of aryl methyl sites for hydroxylation is 2. The van der Waals surface area contributed by atoms with Crippen molar-refractivity contribution in [2.24, 2.45) is 0 Å². The summed E-state index contributed by atoms with van der Waals surface area (Å²) in [6.07, 6.45) is 0.310. The maximum absolute atomic E-state index is 12.7. The number of aromatic nitrogens is 2. The summed E-state index contributed by atoms with van der Waals surface area (Å²) in [5, 5.41) is 11.7. The van der Waals surface area contributed by atoms with Crippen molar-refractivity contribution in [1.82, 2.24) is 15.1 Å². The minimum atomic E-state index is -0.545. The Morgan fingerprint density at radius 2 is 1.68 bits per heavy atom. The van der Waals surface area contributed by atoms with Crippen molar-refractivity contribution in [3.63, 3.8) is 0 Å². The number of nitrogens with one attached hydrogen (secondary N) is 1. The Morgan fingerprint density at radius 3 is 2.32 bits per heavy atom. The number of benzene rings is 2. The van der Waals surface area contributed by atoms with Gasteiger partial charge in [0, 0.05) is 24.6 Å². The zero-order valence-electron chi connectivity index (χ0n) is 18.6. The van der Waals surface area contributed by atoms with E-state index in [0.29, 0.717) is 18.0 Å². The van der Waals surface area contributed by atoms with Crippen LogP contribution in [0.5, 0.6) is 0 Å². The van der Waals surface area contributed by atoms with E-state index in [4.69, 9.17) is 0 Å². The molecule has 172 valence electrons. The molecule has 0 spiro atoms. The fourth-order valence-corrected chi connectivity index (χ4v) is 5.22. The quantitative estimate of drug-likeness (QED) is 0.568.